The first-order valence-corrected chi connectivity index (χ1v) is 9.47. The number of pyridine rings is 1. The van der Waals surface area contributed by atoms with Gasteiger partial charge in [0.05, 0.1) is 24.8 Å². The van der Waals surface area contributed by atoms with Gasteiger partial charge in [-0.3, -0.25) is 4.79 Å². The summed E-state index contributed by atoms with van der Waals surface area (Å²) in [5, 5.41) is 14.0. The van der Waals surface area contributed by atoms with E-state index in [1.807, 2.05) is 20.8 Å². The molecule has 0 fully saturated rings. The number of alkyl halides is 3. The summed E-state index contributed by atoms with van der Waals surface area (Å²) >= 11 is 0. The molecule has 1 unspecified atom stereocenters. The maximum atomic E-state index is 12.9. The van der Waals surface area contributed by atoms with E-state index in [4.69, 9.17) is 0 Å². The zero-order valence-corrected chi connectivity index (χ0v) is 17.1. The van der Waals surface area contributed by atoms with E-state index >= 15 is 0 Å². The van der Waals surface area contributed by atoms with Crippen LogP contribution in [0.25, 0.3) is 5.69 Å². The van der Waals surface area contributed by atoms with Crippen LogP contribution in [0.5, 0.6) is 0 Å². The summed E-state index contributed by atoms with van der Waals surface area (Å²) in [5.74, 6) is -0.242. The second-order valence-corrected chi connectivity index (χ2v) is 6.83. The minimum atomic E-state index is -4.55. The monoisotopic (exact) mass is 434 g/mol. The lowest BCUT2D eigenvalue weighted by atomic mass is 10.1. The van der Waals surface area contributed by atoms with E-state index in [1.54, 1.807) is 6.20 Å². The Bertz CT molecular complexity index is 1040. The molecule has 3 aromatic heterocycles. The Labute approximate surface area is 176 Å². The van der Waals surface area contributed by atoms with E-state index in [1.165, 1.54) is 17.2 Å². The lowest BCUT2D eigenvalue weighted by molar-refractivity contribution is -0.141. The molecule has 3 heterocycles. The van der Waals surface area contributed by atoms with Gasteiger partial charge in [0, 0.05) is 18.8 Å². The van der Waals surface area contributed by atoms with E-state index in [-0.39, 0.29) is 24.1 Å². The van der Waals surface area contributed by atoms with E-state index < -0.39 is 17.8 Å². The van der Waals surface area contributed by atoms with Crippen LogP contribution in [0, 0.1) is 13.8 Å². The van der Waals surface area contributed by atoms with Gasteiger partial charge < -0.3 is 10.6 Å². The lowest BCUT2D eigenvalue weighted by Gasteiger charge is -2.19. The fourth-order valence-electron chi connectivity index (χ4n) is 2.77. The number of nitrogens with one attached hydrogen (secondary N) is 2. The number of anilines is 1. The molecular formula is C19H21F3N8O. The molecule has 3 aromatic rings. The van der Waals surface area contributed by atoms with Gasteiger partial charge in [0.1, 0.15) is 11.5 Å². The summed E-state index contributed by atoms with van der Waals surface area (Å²) in [4.78, 5) is 25.6. The largest absolute Gasteiger partial charge is 0.434 e. The molecule has 164 valence electrons. The topological polar surface area (TPSA) is 111 Å². The van der Waals surface area contributed by atoms with Crippen LogP contribution in [0.2, 0.25) is 0 Å². The summed E-state index contributed by atoms with van der Waals surface area (Å²) in [7, 11) is 0. The third-order valence-electron chi connectivity index (χ3n) is 4.69. The Morgan fingerprint density at radius 3 is 2.39 bits per heavy atom. The fraction of sp³-hybridized carbons (Fsp3) is 0.368. The zero-order valence-electron chi connectivity index (χ0n) is 17.1. The van der Waals surface area contributed by atoms with E-state index in [0.29, 0.717) is 18.3 Å². The van der Waals surface area contributed by atoms with Crippen LogP contribution in [-0.4, -0.2) is 48.4 Å². The SMILES string of the molecule is CCC(CNc1cnc(C(F)(F)F)cn1)NC(=O)c1ncc(C)c(C)c1-n1nccn1. The van der Waals surface area contributed by atoms with Crippen LogP contribution in [0.1, 0.15) is 40.7 Å². The Balaban J connectivity index is 1.71. The number of rotatable bonds is 7. The first-order chi connectivity index (χ1) is 14.7. The molecule has 0 saturated carbocycles. The van der Waals surface area contributed by atoms with Crippen LogP contribution in [0.4, 0.5) is 19.0 Å². The molecule has 12 heteroatoms. The molecule has 0 aliphatic heterocycles. The molecule has 0 radical (unpaired) electrons. The summed E-state index contributed by atoms with van der Waals surface area (Å²) in [5.41, 5.74) is 1.30. The molecule has 3 rings (SSSR count). The average molecular weight is 434 g/mol. The van der Waals surface area contributed by atoms with Gasteiger partial charge in [-0.25, -0.2) is 15.0 Å². The van der Waals surface area contributed by atoms with Crippen LogP contribution < -0.4 is 10.6 Å². The molecule has 9 nitrogen and oxygen atoms in total. The van der Waals surface area contributed by atoms with Crippen molar-refractivity contribution in [2.24, 2.45) is 0 Å². The number of aromatic nitrogens is 6. The molecule has 0 aromatic carbocycles. The van der Waals surface area contributed by atoms with Crippen LogP contribution in [-0.2, 0) is 6.18 Å². The molecule has 0 aliphatic rings. The second kappa shape index (κ2) is 9.06. The number of aryl methyl sites for hydroxylation is 1. The number of nitrogens with zero attached hydrogens (tertiary/aromatic N) is 6. The molecule has 31 heavy (non-hydrogen) atoms. The quantitative estimate of drug-likeness (QED) is 0.588. The van der Waals surface area contributed by atoms with Crippen molar-refractivity contribution < 1.29 is 18.0 Å². The van der Waals surface area contributed by atoms with Gasteiger partial charge in [0.15, 0.2) is 11.4 Å². The summed E-state index contributed by atoms with van der Waals surface area (Å²) in [6.45, 7) is 5.84. The second-order valence-electron chi connectivity index (χ2n) is 6.83. The van der Waals surface area contributed by atoms with Crippen molar-refractivity contribution in [3.8, 4) is 5.69 Å². The van der Waals surface area contributed by atoms with Gasteiger partial charge in [0.2, 0.25) is 0 Å². The van der Waals surface area contributed by atoms with Crippen molar-refractivity contribution in [3.05, 3.63) is 53.5 Å². The highest BCUT2D eigenvalue weighted by atomic mass is 19.4. The zero-order chi connectivity index (χ0) is 22.6. The van der Waals surface area contributed by atoms with Gasteiger partial charge in [-0.05, 0) is 31.4 Å². The van der Waals surface area contributed by atoms with Gasteiger partial charge >= 0.3 is 6.18 Å². The van der Waals surface area contributed by atoms with Gasteiger partial charge in [-0.1, -0.05) is 6.92 Å². The summed E-state index contributed by atoms with van der Waals surface area (Å²) in [6, 6.07) is -0.335. The first kappa shape index (κ1) is 22.1. The maximum absolute atomic E-state index is 12.9. The molecule has 0 aliphatic carbocycles. The van der Waals surface area contributed by atoms with E-state index in [9.17, 15) is 18.0 Å². The molecule has 0 spiro atoms. The minimum Gasteiger partial charge on any atom is -0.367 e. The standard InChI is InChI=1S/C19H21F3N8O/c1-4-13(8-24-15-10-23-14(9-25-15)19(20,21)22)29-18(31)16-17(30-27-5-6-28-30)12(3)11(2)7-26-16/h5-7,9-10,13H,4,8H2,1-3H3,(H,24,25)(H,29,31). The predicted molar refractivity (Wildman–Crippen MR) is 106 cm³/mol. The molecule has 0 bridgehead atoms. The van der Waals surface area contributed by atoms with Crippen molar-refractivity contribution in [2.45, 2.75) is 39.4 Å². The lowest BCUT2D eigenvalue weighted by Crippen LogP contribution is -2.40. The van der Waals surface area contributed by atoms with Crippen molar-refractivity contribution in [3.63, 3.8) is 0 Å². The maximum Gasteiger partial charge on any atom is 0.434 e. The molecule has 0 saturated heterocycles. The third kappa shape index (κ3) is 5.13. The highest BCUT2D eigenvalue weighted by Crippen LogP contribution is 2.26. The number of amides is 1. The fourth-order valence-corrected chi connectivity index (χ4v) is 2.77. The van der Waals surface area contributed by atoms with Gasteiger partial charge in [-0.2, -0.15) is 23.4 Å². The number of hydrogen-bond acceptors (Lipinski definition) is 7. The smallest absolute Gasteiger partial charge is 0.367 e. The predicted octanol–water partition coefficient (Wildman–Crippen LogP) is 2.71. The van der Waals surface area contributed by atoms with E-state index in [2.05, 4.69) is 35.8 Å². The highest BCUT2D eigenvalue weighted by Gasteiger charge is 2.32. The highest BCUT2D eigenvalue weighted by molar-refractivity contribution is 5.96. The Kier molecular flexibility index (Phi) is 6.47. The summed E-state index contributed by atoms with van der Waals surface area (Å²) < 4.78 is 37.8. The van der Waals surface area contributed by atoms with Crippen LogP contribution >= 0.6 is 0 Å². The number of hydrogen-bond donors (Lipinski definition) is 2. The third-order valence-corrected chi connectivity index (χ3v) is 4.69. The average Bonchev–Trinajstić information content (AvgIpc) is 3.26. The molecular weight excluding hydrogens is 413 g/mol. The Morgan fingerprint density at radius 1 is 1.10 bits per heavy atom. The molecule has 1 atom stereocenters. The number of carbonyl (C=O) groups is 1. The van der Waals surface area contributed by atoms with Crippen molar-refractivity contribution in [1.82, 2.24) is 35.3 Å². The van der Waals surface area contributed by atoms with Crippen LogP contribution in [0.3, 0.4) is 0 Å². The first-order valence-electron chi connectivity index (χ1n) is 9.47. The van der Waals surface area contributed by atoms with Crippen molar-refractivity contribution in [1.29, 1.82) is 0 Å². The molecule has 2 N–H and O–H groups in total. The van der Waals surface area contributed by atoms with E-state index in [0.717, 1.165) is 17.3 Å². The van der Waals surface area contributed by atoms with Gasteiger partial charge in [-0.15, -0.1) is 4.80 Å². The molecule has 1 amide bonds. The Morgan fingerprint density at radius 2 is 1.81 bits per heavy atom. The minimum absolute atomic E-state index is 0.173. The number of halogens is 3. The number of carbonyl (C=O) groups excluding carboxylic acids is 1. The van der Waals surface area contributed by atoms with Crippen molar-refractivity contribution in [2.75, 3.05) is 11.9 Å². The Hall–Kier alpha value is -3.57. The van der Waals surface area contributed by atoms with Crippen LogP contribution in [0.15, 0.2) is 31.0 Å². The summed E-state index contributed by atoms with van der Waals surface area (Å²) in [6.07, 6.45) is 2.29. The van der Waals surface area contributed by atoms with Crippen molar-refractivity contribution >= 4 is 11.7 Å². The normalized spacial score (nSPS) is 12.5. The van der Waals surface area contributed by atoms with Gasteiger partial charge in [0.25, 0.3) is 5.91 Å².